The number of hydrogen-bond acceptors (Lipinski definition) is 6. The van der Waals surface area contributed by atoms with E-state index in [0.717, 1.165) is 25.7 Å². The topological polar surface area (TPSA) is 89.9 Å². The van der Waals surface area contributed by atoms with Crippen LogP contribution in [0.3, 0.4) is 0 Å². The van der Waals surface area contributed by atoms with Crippen LogP contribution in [-0.2, 0) is 23.9 Å². The summed E-state index contributed by atoms with van der Waals surface area (Å²) >= 11 is 0. The third-order valence-corrected chi connectivity index (χ3v) is 5.16. The molecule has 160 valence electrons. The summed E-state index contributed by atoms with van der Waals surface area (Å²) in [5.41, 5.74) is -2.05. The molecule has 6 nitrogen and oxygen atoms in total. The molecule has 3 atom stereocenters. The normalized spacial score (nSPS) is 22.3. The highest BCUT2D eigenvalue weighted by Gasteiger charge is 2.54. The number of carbonyl (C=O) groups excluding carboxylic acids is 3. The molecule has 0 aromatic carbocycles. The fraction of sp³-hybridized carbons (Fsp3) is 0.773. The first kappa shape index (κ1) is 24.3. The van der Waals surface area contributed by atoms with Gasteiger partial charge < -0.3 is 14.6 Å². The fourth-order valence-electron chi connectivity index (χ4n) is 3.63. The van der Waals surface area contributed by atoms with Gasteiger partial charge in [0.2, 0.25) is 5.60 Å². The summed E-state index contributed by atoms with van der Waals surface area (Å²) in [6.07, 6.45) is 12.2. The van der Waals surface area contributed by atoms with Gasteiger partial charge in [0.25, 0.3) is 0 Å². The van der Waals surface area contributed by atoms with Gasteiger partial charge in [0.1, 0.15) is 6.10 Å². The standard InChI is InChI=1S/C22H36O6/c1-4-5-6-7-8-9-10-11-12-13-14-20(27-17(2)23)22(26)19(25)15-16-21(22)28-18(3)24/h15-16,20-21,26H,4-14H2,1-3H3/t20-,21+,22-/m0/s1. The molecule has 0 saturated carbocycles. The van der Waals surface area contributed by atoms with E-state index in [-0.39, 0.29) is 0 Å². The molecule has 6 heteroatoms. The van der Waals surface area contributed by atoms with E-state index in [2.05, 4.69) is 6.92 Å². The minimum Gasteiger partial charge on any atom is -0.459 e. The van der Waals surface area contributed by atoms with Gasteiger partial charge in [-0.25, -0.2) is 0 Å². The lowest BCUT2D eigenvalue weighted by Crippen LogP contribution is -2.56. The largest absolute Gasteiger partial charge is 0.459 e. The molecular weight excluding hydrogens is 360 g/mol. The van der Waals surface area contributed by atoms with Crippen molar-refractivity contribution in [2.24, 2.45) is 0 Å². The second kappa shape index (κ2) is 12.7. The van der Waals surface area contributed by atoms with Gasteiger partial charge in [0.05, 0.1) is 0 Å². The van der Waals surface area contributed by atoms with Crippen molar-refractivity contribution < 1.29 is 29.0 Å². The Morgan fingerprint density at radius 2 is 1.54 bits per heavy atom. The van der Waals surface area contributed by atoms with Crippen LogP contribution in [0.4, 0.5) is 0 Å². The Balaban J connectivity index is 2.47. The smallest absolute Gasteiger partial charge is 0.303 e. The maximum Gasteiger partial charge on any atom is 0.303 e. The van der Waals surface area contributed by atoms with Gasteiger partial charge in [-0.3, -0.25) is 14.4 Å². The Morgan fingerprint density at radius 1 is 1.00 bits per heavy atom. The first-order chi connectivity index (χ1) is 13.3. The van der Waals surface area contributed by atoms with Crippen molar-refractivity contribution in [1.29, 1.82) is 0 Å². The van der Waals surface area contributed by atoms with Gasteiger partial charge in [-0.2, -0.15) is 0 Å². The van der Waals surface area contributed by atoms with E-state index in [9.17, 15) is 19.5 Å². The predicted molar refractivity (Wildman–Crippen MR) is 107 cm³/mol. The van der Waals surface area contributed by atoms with Crippen molar-refractivity contribution >= 4 is 17.7 Å². The Labute approximate surface area is 168 Å². The third-order valence-electron chi connectivity index (χ3n) is 5.16. The lowest BCUT2D eigenvalue weighted by Gasteiger charge is -2.34. The number of ketones is 1. The number of ether oxygens (including phenoxy) is 2. The zero-order valence-corrected chi connectivity index (χ0v) is 17.6. The zero-order chi connectivity index (χ0) is 21.0. The summed E-state index contributed by atoms with van der Waals surface area (Å²) in [6.45, 7) is 4.66. The van der Waals surface area contributed by atoms with Crippen LogP contribution in [0.5, 0.6) is 0 Å². The molecule has 0 heterocycles. The minimum atomic E-state index is -2.05. The van der Waals surface area contributed by atoms with Crippen molar-refractivity contribution in [3.63, 3.8) is 0 Å². The van der Waals surface area contributed by atoms with Crippen molar-refractivity contribution in [2.45, 2.75) is 109 Å². The number of aliphatic hydroxyl groups is 1. The summed E-state index contributed by atoms with van der Waals surface area (Å²) in [5, 5.41) is 11.0. The molecule has 1 rings (SSSR count). The maximum atomic E-state index is 12.3. The quantitative estimate of drug-likeness (QED) is 0.352. The van der Waals surface area contributed by atoms with Gasteiger partial charge in [-0.05, 0) is 25.0 Å². The Hall–Kier alpha value is -1.69. The van der Waals surface area contributed by atoms with Gasteiger partial charge in [0, 0.05) is 13.8 Å². The summed E-state index contributed by atoms with van der Waals surface area (Å²) in [6, 6.07) is 0. The Morgan fingerprint density at radius 3 is 2.04 bits per heavy atom. The number of unbranched alkanes of at least 4 members (excludes halogenated alkanes) is 9. The molecule has 0 bridgehead atoms. The molecule has 0 spiro atoms. The summed E-state index contributed by atoms with van der Waals surface area (Å²) in [4.78, 5) is 35.1. The van der Waals surface area contributed by atoms with Crippen LogP contribution in [0, 0.1) is 0 Å². The summed E-state index contributed by atoms with van der Waals surface area (Å²) in [5.74, 6) is -1.79. The molecule has 0 aromatic rings. The molecule has 0 aliphatic heterocycles. The molecule has 0 unspecified atom stereocenters. The number of hydrogen-bond donors (Lipinski definition) is 1. The summed E-state index contributed by atoms with van der Waals surface area (Å²) < 4.78 is 10.3. The number of carbonyl (C=O) groups is 3. The van der Waals surface area contributed by atoms with E-state index in [0.29, 0.717) is 6.42 Å². The van der Waals surface area contributed by atoms with Crippen molar-refractivity contribution in [3.05, 3.63) is 12.2 Å². The van der Waals surface area contributed by atoms with Crippen LogP contribution in [0.2, 0.25) is 0 Å². The van der Waals surface area contributed by atoms with Crippen molar-refractivity contribution in [3.8, 4) is 0 Å². The average Bonchev–Trinajstić information content (AvgIpc) is 2.90. The predicted octanol–water partition coefficient (Wildman–Crippen LogP) is 4.03. The summed E-state index contributed by atoms with van der Waals surface area (Å²) in [7, 11) is 0. The van der Waals surface area contributed by atoms with E-state index >= 15 is 0 Å². The van der Waals surface area contributed by atoms with E-state index in [1.54, 1.807) is 0 Å². The van der Waals surface area contributed by atoms with Crippen LogP contribution in [0.1, 0.15) is 91.4 Å². The van der Waals surface area contributed by atoms with E-state index in [4.69, 9.17) is 9.47 Å². The minimum absolute atomic E-state index is 0.345. The van der Waals surface area contributed by atoms with Crippen molar-refractivity contribution in [1.82, 2.24) is 0 Å². The molecule has 1 aliphatic carbocycles. The van der Waals surface area contributed by atoms with E-state index in [1.165, 1.54) is 64.5 Å². The van der Waals surface area contributed by atoms with Crippen molar-refractivity contribution in [2.75, 3.05) is 0 Å². The van der Waals surface area contributed by atoms with Crippen LogP contribution in [0.25, 0.3) is 0 Å². The second-order valence-electron chi connectivity index (χ2n) is 7.65. The first-order valence-electron chi connectivity index (χ1n) is 10.6. The average molecular weight is 397 g/mol. The highest BCUT2D eigenvalue weighted by molar-refractivity contribution is 6.01. The highest BCUT2D eigenvalue weighted by atomic mass is 16.6. The second-order valence-corrected chi connectivity index (χ2v) is 7.65. The number of rotatable bonds is 14. The van der Waals surface area contributed by atoms with Crippen LogP contribution in [-0.4, -0.2) is 40.6 Å². The molecule has 0 saturated heterocycles. The molecule has 0 fully saturated rings. The molecular formula is C22H36O6. The molecule has 1 aliphatic rings. The lowest BCUT2D eigenvalue weighted by molar-refractivity contribution is -0.186. The molecule has 1 N–H and O–H groups in total. The van der Waals surface area contributed by atoms with Gasteiger partial charge in [0.15, 0.2) is 11.9 Å². The fourth-order valence-corrected chi connectivity index (χ4v) is 3.63. The van der Waals surface area contributed by atoms with E-state index in [1.807, 2.05) is 0 Å². The molecule has 0 aromatic heterocycles. The Bertz CT molecular complexity index is 541. The van der Waals surface area contributed by atoms with Crippen LogP contribution < -0.4 is 0 Å². The monoisotopic (exact) mass is 396 g/mol. The van der Waals surface area contributed by atoms with Gasteiger partial charge >= 0.3 is 11.9 Å². The molecule has 28 heavy (non-hydrogen) atoms. The van der Waals surface area contributed by atoms with Gasteiger partial charge in [-0.15, -0.1) is 0 Å². The zero-order valence-electron chi connectivity index (χ0n) is 17.6. The first-order valence-corrected chi connectivity index (χ1v) is 10.6. The Kier molecular flexibility index (Phi) is 11.0. The highest BCUT2D eigenvalue weighted by Crippen LogP contribution is 2.32. The molecule has 0 amide bonds. The lowest BCUT2D eigenvalue weighted by atomic mass is 9.87. The van der Waals surface area contributed by atoms with E-state index < -0.39 is 35.5 Å². The number of esters is 2. The SMILES string of the molecule is CCCCCCCCCCCC[C@H](OC(C)=O)[C@@]1(O)C(=O)C=C[C@H]1OC(C)=O. The van der Waals surface area contributed by atoms with Gasteiger partial charge in [-0.1, -0.05) is 64.7 Å². The maximum absolute atomic E-state index is 12.3. The van der Waals surface area contributed by atoms with Crippen LogP contribution >= 0.6 is 0 Å². The third kappa shape index (κ3) is 7.74. The van der Waals surface area contributed by atoms with Crippen LogP contribution in [0.15, 0.2) is 12.2 Å². The molecule has 0 radical (unpaired) electrons.